The van der Waals surface area contributed by atoms with E-state index in [0.717, 1.165) is 26.2 Å². The molecular formula is C16H21NO5. The van der Waals surface area contributed by atoms with Gasteiger partial charge in [-0.15, -0.1) is 0 Å². The van der Waals surface area contributed by atoms with Crippen LogP contribution < -0.4 is 14.2 Å². The fraction of sp³-hybridized carbons (Fsp3) is 0.562. The minimum Gasteiger partial charge on any atom is -0.484 e. The third-order valence-electron chi connectivity index (χ3n) is 3.94. The zero-order valence-electron chi connectivity index (χ0n) is 12.7. The second-order valence-electron chi connectivity index (χ2n) is 5.47. The summed E-state index contributed by atoms with van der Waals surface area (Å²) in [5.74, 6) is 2.40. The van der Waals surface area contributed by atoms with Crippen molar-refractivity contribution in [3.05, 3.63) is 18.2 Å². The van der Waals surface area contributed by atoms with Gasteiger partial charge in [0.25, 0.3) is 5.91 Å². The molecule has 22 heavy (non-hydrogen) atoms. The molecule has 0 spiro atoms. The van der Waals surface area contributed by atoms with Gasteiger partial charge in [-0.2, -0.15) is 0 Å². The number of carbonyl (C=O) groups excluding carboxylic acids is 1. The van der Waals surface area contributed by atoms with Gasteiger partial charge in [-0.05, 0) is 25.5 Å². The highest BCUT2D eigenvalue weighted by molar-refractivity contribution is 5.77. The van der Waals surface area contributed by atoms with Crippen LogP contribution in [0.3, 0.4) is 0 Å². The fourth-order valence-electron chi connectivity index (χ4n) is 2.65. The fourth-order valence-corrected chi connectivity index (χ4v) is 2.65. The largest absolute Gasteiger partial charge is 0.484 e. The number of carbonyl (C=O) groups is 1. The van der Waals surface area contributed by atoms with Gasteiger partial charge in [-0.3, -0.25) is 4.79 Å². The van der Waals surface area contributed by atoms with Crippen molar-refractivity contribution >= 4 is 5.91 Å². The first-order valence-corrected chi connectivity index (χ1v) is 7.64. The summed E-state index contributed by atoms with van der Waals surface area (Å²) in [5.41, 5.74) is 0. The monoisotopic (exact) mass is 307 g/mol. The first kappa shape index (κ1) is 15.0. The highest BCUT2D eigenvalue weighted by Crippen LogP contribution is 2.35. The Bertz CT molecular complexity index is 527. The highest BCUT2D eigenvalue weighted by atomic mass is 16.7. The van der Waals surface area contributed by atoms with Gasteiger partial charge in [0.2, 0.25) is 6.79 Å². The maximum absolute atomic E-state index is 12.3. The average molecular weight is 307 g/mol. The van der Waals surface area contributed by atoms with Gasteiger partial charge >= 0.3 is 0 Å². The lowest BCUT2D eigenvalue weighted by molar-refractivity contribution is -0.133. The van der Waals surface area contributed by atoms with Crippen LogP contribution in [0.15, 0.2) is 18.2 Å². The summed E-state index contributed by atoms with van der Waals surface area (Å²) in [6.07, 6.45) is 1.02. The van der Waals surface area contributed by atoms with E-state index in [9.17, 15) is 4.79 Å². The number of hydrogen-bond acceptors (Lipinski definition) is 5. The van der Waals surface area contributed by atoms with Crippen LogP contribution in [0.5, 0.6) is 17.2 Å². The molecule has 0 bridgehead atoms. The van der Waals surface area contributed by atoms with E-state index in [4.69, 9.17) is 18.9 Å². The van der Waals surface area contributed by atoms with Crippen LogP contribution in [-0.4, -0.2) is 50.5 Å². The predicted molar refractivity (Wildman–Crippen MR) is 79.2 cm³/mol. The van der Waals surface area contributed by atoms with Gasteiger partial charge < -0.3 is 23.8 Å². The van der Waals surface area contributed by atoms with E-state index in [-0.39, 0.29) is 19.3 Å². The molecular weight excluding hydrogens is 286 g/mol. The van der Waals surface area contributed by atoms with Gasteiger partial charge in [-0.25, -0.2) is 0 Å². The number of rotatable bonds is 6. The summed E-state index contributed by atoms with van der Waals surface area (Å²) in [7, 11) is 0. The van der Waals surface area contributed by atoms with E-state index in [1.807, 2.05) is 11.8 Å². The van der Waals surface area contributed by atoms with Crippen molar-refractivity contribution in [2.45, 2.75) is 13.3 Å². The first-order valence-electron chi connectivity index (χ1n) is 7.64. The number of likely N-dealkylation sites (N-methyl/N-ethyl adjacent to an activating group) is 1. The molecule has 1 aromatic rings. The lowest BCUT2D eigenvalue weighted by Crippen LogP contribution is -2.38. The average Bonchev–Trinajstić information content (AvgIpc) is 3.20. The molecule has 1 aromatic carbocycles. The zero-order valence-corrected chi connectivity index (χ0v) is 12.7. The van der Waals surface area contributed by atoms with Crippen molar-refractivity contribution in [1.29, 1.82) is 0 Å². The number of amides is 1. The zero-order chi connectivity index (χ0) is 15.4. The van der Waals surface area contributed by atoms with Crippen LogP contribution in [-0.2, 0) is 9.53 Å². The molecule has 2 aliphatic rings. The molecule has 6 nitrogen and oxygen atoms in total. The van der Waals surface area contributed by atoms with Crippen molar-refractivity contribution in [1.82, 2.24) is 4.90 Å². The molecule has 6 heteroatoms. The van der Waals surface area contributed by atoms with E-state index < -0.39 is 0 Å². The Kier molecular flexibility index (Phi) is 4.68. The third kappa shape index (κ3) is 3.44. The Hall–Kier alpha value is -1.95. The lowest BCUT2D eigenvalue weighted by Gasteiger charge is -2.23. The van der Waals surface area contributed by atoms with Gasteiger partial charge in [0.05, 0.1) is 6.61 Å². The third-order valence-corrected chi connectivity index (χ3v) is 3.94. The first-order chi connectivity index (χ1) is 10.8. The van der Waals surface area contributed by atoms with E-state index in [1.54, 1.807) is 18.2 Å². The van der Waals surface area contributed by atoms with Crippen molar-refractivity contribution < 1.29 is 23.7 Å². The predicted octanol–water partition coefficient (Wildman–Crippen LogP) is 1.68. The molecule has 0 N–H and O–H groups in total. The SMILES string of the molecule is CCN(CC1CCOC1)C(=O)COc1ccc2c(c1)OCO2. The Morgan fingerprint density at radius 3 is 3.00 bits per heavy atom. The molecule has 0 radical (unpaired) electrons. The minimum atomic E-state index is -0.00735. The molecule has 1 fully saturated rings. The van der Waals surface area contributed by atoms with Crippen LogP contribution in [0, 0.1) is 5.92 Å². The maximum Gasteiger partial charge on any atom is 0.260 e. The number of hydrogen-bond donors (Lipinski definition) is 0. The van der Waals surface area contributed by atoms with Crippen molar-refractivity contribution in [3.8, 4) is 17.2 Å². The highest BCUT2D eigenvalue weighted by Gasteiger charge is 2.22. The summed E-state index contributed by atoms with van der Waals surface area (Å²) in [6.45, 7) is 5.19. The number of benzene rings is 1. The van der Waals surface area contributed by atoms with Gasteiger partial charge in [-0.1, -0.05) is 0 Å². The van der Waals surface area contributed by atoms with E-state index in [1.165, 1.54) is 0 Å². The topological polar surface area (TPSA) is 57.2 Å². The standard InChI is InChI=1S/C16H21NO5/c1-2-17(8-12-5-6-19-9-12)16(18)10-20-13-3-4-14-15(7-13)22-11-21-14/h3-4,7,12H,2,5-6,8-11H2,1H3. The molecule has 120 valence electrons. The normalized spacial score (nSPS) is 19.2. The second-order valence-corrected chi connectivity index (χ2v) is 5.47. The van der Waals surface area contributed by atoms with Crippen molar-refractivity contribution in [3.63, 3.8) is 0 Å². The van der Waals surface area contributed by atoms with Crippen molar-refractivity contribution in [2.24, 2.45) is 5.92 Å². The van der Waals surface area contributed by atoms with E-state index in [0.29, 0.717) is 29.7 Å². The summed E-state index contributed by atoms with van der Waals surface area (Å²) in [6, 6.07) is 5.31. The quantitative estimate of drug-likeness (QED) is 0.800. The number of fused-ring (bicyclic) bond motifs is 1. The van der Waals surface area contributed by atoms with Crippen LogP contribution in [0.1, 0.15) is 13.3 Å². The molecule has 1 atom stereocenters. The number of nitrogens with zero attached hydrogens (tertiary/aromatic N) is 1. The van der Waals surface area contributed by atoms with Crippen LogP contribution >= 0.6 is 0 Å². The molecule has 2 aliphatic heterocycles. The Morgan fingerprint density at radius 1 is 1.36 bits per heavy atom. The Balaban J connectivity index is 1.52. The molecule has 1 saturated heterocycles. The Morgan fingerprint density at radius 2 is 2.23 bits per heavy atom. The second kappa shape index (κ2) is 6.87. The van der Waals surface area contributed by atoms with Crippen LogP contribution in [0.25, 0.3) is 0 Å². The summed E-state index contributed by atoms with van der Waals surface area (Å²) in [5, 5.41) is 0. The van der Waals surface area contributed by atoms with Crippen LogP contribution in [0.4, 0.5) is 0 Å². The van der Waals surface area contributed by atoms with E-state index >= 15 is 0 Å². The smallest absolute Gasteiger partial charge is 0.260 e. The van der Waals surface area contributed by atoms with Gasteiger partial charge in [0, 0.05) is 31.7 Å². The van der Waals surface area contributed by atoms with Gasteiger partial charge in [0.1, 0.15) is 5.75 Å². The maximum atomic E-state index is 12.3. The molecule has 3 rings (SSSR count). The molecule has 0 saturated carbocycles. The molecule has 2 heterocycles. The summed E-state index contributed by atoms with van der Waals surface area (Å²) >= 11 is 0. The summed E-state index contributed by atoms with van der Waals surface area (Å²) < 4.78 is 21.5. The van der Waals surface area contributed by atoms with Crippen LogP contribution in [0.2, 0.25) is 0 Å². The number of ether oxygens (including phenoxy) is 4. The van der Waals surface area contributed by atoms with Crippen molar-refractivity contribution in [2.75, 3.05) is 39.7 Å². The summed E-state index contributed by atoms with van der Waals surface area (Å²) in [4.78, 5) is 14.1. The van der Waals surface area contributed by atoms with Gasteiger partial charge in [0.15, 0.2) is 18.1 Å². The molecule has 0 aromatic heterocycles. The Labute approximate surface area is 129 Å². The van der Waals surface area contributed by atoms with E-state index in [2.05, 4.69) is 0 Å². The molecule has 0 aliphatic carbocycles. The lowest BCUT2D eigenvalue weighted by atomic mass is 10.1. The molecule has 1 unspecified atom stereocenters. The minimum absolute atomic E-state index is 0.00735. The molecule has 1 amide bonds.